The van der Waals surface area contributed by atoms with Crippen LogP contribution >= 0.6 is 11.6 Å². The molecule has 0 radical (unpaired) electrons. The van der Waals surface area contributed by atoms with E-state index in [0.717, 1.165) is 0 Å². The van der Waals surface area contributed by atoms with Crippen LogP contribution in [0, 0.1) is 0 Å². The maximum Gasteiger partial charge on any atom is 0.326 e. The molecule has 1 N–H and O–H groups in total. The Bertz CT molecular complexity index is 411. The summed E-state index contributed by atoms with van der Waals surface area (Å²) in [5.41, 5.74) is 0.294. The van der Waals surface area contributed by atoms with E-state index in [9.17, 15) is 9.59 Å². The summed E-state index contributed by atoms with van der Waals surface area (Å²) < 4.78 is 1.25. The van der Waals surface area contributed by atoms with Crippen LogP contribution in [0.4, 0.5) is 4.79 Å². The van der Waals surface area contributed by atoms with Gasteiger partial charge >= 0.3 is 6.03 Å². The third kappa shape index (κ3) is 1.14. The summed E-state index contributed by atoms with van der Waals surface area (Å²) in [5, 5.41) is 2.94. The standard InChI is InChI=1S/C9H9ClN2O2/c1-2-6-8(13)7-5(10)3-4-12(7)9(14)11-6/h3-4,6H,2H2,1H3,(H,11,14). The van der Waals surface area contributed by atoms with Crippen molar-refractivity contribution in [1.29, 1.82) is 0 Å². The molecule has 0 saturated carbocycles. The molecule has 1 aliphatic rings. The number of amides is 1. The van der Waals surface area contributed by atoms with Crippen LogP contribution in [0.5, 0.6) is 0 Å². The molecule has 1 aliphatic heterocycles. The van der Waals surface area contributed by atoms with Crippen molar-refractivity contribution in [3.63, 3.8) is 0 Å². The van der Waals surface area contributed by atoms with Gasteiger partial charge in [-0.2, -0.15) is 0 Å². The Kier molecular flexibility index (Phi) is 2.07. The molecule has 1 amide bonds. The Labute approximate surface area is 85.8 Å². The first-order chi connectivity index (χ1) is 6.65. The molecule has 1 atom stereocenters. The Balaban J connectivity index is 2.54. The summed E-state index contributed by atoms with van der Waals surface area (Å²) in [6, 6.07) is 0.813. The van der Waals surface area contributed by atoms with Crippen LogP contribution < -0.4 is 5.32 Å². The number of nitrogens with one attached hydrogen (secondary N) is 1. The summed E-state index contributed by atoms with van der Waals surface area (Å²) in [4.78, 5) is 23.2. The van der Waals surface area contributed by atoms with Gasteiger partial charge in [0.05, 0.1) is 11.1 Å². The van der Waals surface area contributed by atoms with E-state index in [4.69, 9.17) is 11.6 Å². The van der Waals surface area contributed by atoms with Crippen molar-refractivity contribution in [2.75, 3.05) is 0 Å². The smallest absolute Gasteiger partial charge is 0.326 e. The van der Waals surface area contributed by atoms with Gasteiger partial charge in [0, 0.05) is 6.20 Å². The van der Waals surface area contributed by atoms with Gasteiger partial charge in [-0.05, 0) is 12.5 Å². The molecule has 0 saturated heterocycles. The van der Waals surface area contributed by atoms with Gasteiger partial charge in [-0.25, -0.2) is 4.79 Å². The highest BCUT2D eigenvalue weighted by Gasteiger charge is 2.32. The number of hydrogen-bond donors (Lipinski definition) is 1. The number of ketones is 1. The number of Topliss-reactive ketones (excluding diaryl/α,β-unsaturated/α-hetero) is 1. The second kappa shape index (κ2) is 3.13. The predicted octanol–water partition coefficient (Wildman–Crippen LogP) is 1.67. The van der Waals surface area contributed by atoms with Crippen LogP contribution in [0.2, 0.25) is 5.02 Å². The highest BCUT2D eigenvalue weighted by molar-refractivity contribution is 6.34. The fourth-order valence-electron chi connectivity index (χ4n) is 1.55. The fraction of sp³-hybridized carbons (Fsp3) is 0.333. The van der Waals surface area contributed by atoms with Crippen molar-refractivity contribution in [2.45, 2.75) is 19.4 Å². The van der Waals surface area contributed by atoms with Gasteiger partial charge in [0.1, 0.15) is 5.69 Å². The maximum atomic E-state index is 11.8. The molecule has 0 fully saturated rings. The molecule has 0 spiro atoms. The van der Waals surface area contributed by atoms with Gasteiger partial charge < -0.3 is 5.32 Å². The van der Waals surface area contributed by atoms with Crippen LogP contribution in [0.25, 0.3) is 0 Å². The van der Waals surface area contributed by atoms with Crippen molar-refractivity contribution in [3.8, 4) is 0 Å². The van der Waals surface area contributed by atoms with Gasteiger partial charge in [-0.3, -0.25) is 9.36 Å². The maximum absolute atomic E-state index is 11.8. The fourth-order valence-corrected chi connectivity index (χ4v) is 1.79. The van der Waals surface area contributed by atoms with Crippen LogP contribution in [-0.2, 0) is 0 Å². The van der Waals surface area contributed by atoms with E-state index in [0.29, 0.717) is 17.1 Å². The molecular weight excluding hydrogens is 204 g/mol. The molecule has 0 aliphatic carbocycles. The third-order valence-electron chi connectivity index (χ3n) is 2.31. The van der Waals surface area contributed by atoms with Crippen molar-refractivity contribution in [1.82, 2.24) is 9.88 Å². The number of rotatable bonds is 1. The quantitative estimate of drug-likeness (QED) is 0.770. The van der Waals surface area contributed by atoms with Crippen LogP contribution in [-0.4, -0.2) is 22.4 Å². The second-order valence-corrected chi connectivity index (χ2v) is 3.56. The minimum Gasteiger partial charge on any atom is -0.327 e. The normalized spacial score (nSPS) is 20.6. The molecular formula is C9H9ClN2O2. The molecule has 0 bridgehead atoms. The number of halogens is 1. The lowest BCUT2D eigenvalue weighted by Gasteiger charge is -2.22. The van der Waals surface area contributed by atoms with Crippen molar-refractivity contribution < 1.29 is 9.59 Å². The lowest BCUT2D eigenvalue weighted by Crippen LogP contribution is -2.48. The number of aromatic nitrogens is 1. The minimum absolute atomic E-state index is 0.123. The van der Waals surface area contributed by atoms with E-state index in [2.05, 4.69) is 5.32 Å². The molecule has 1 aromatic heterocycles. The van der Waals surface area contributed by atoms with Gasteiger partial charge in [0.25, 0.3) is 0 Å². The van der Waals surface area contributed by atoms with Crippen LogP contribution in [0.1, 0.15) is 23.8 Å². The number of carbonyl (C=O) groups excluding carboxylic acids is 2. The molecule has 74 valence electrons. The van der Waals surface area contributed by atoms with Crippen molar-refractivity contribution in [2.24, 2.45) is 0 Å². The third-order valence-corrected chi connectivity index (χ3v) is 2.62. The van der Waals surface area contributed by atoms with Crippen LogP contribution in [0.15, 0.2) is 12.3 Å². The summed E-state index contributed by atoms with van der Waals surface area (Å²) in [5.74, 6) is -0.123. The molecule has 4 nitrogen and oxygen atoms in total. The Hall–Kier alpha value is -1.29. The van der Waals surface area contributed by atoms with E-state index in [1.165, 1.54) is 10.8 Å². The SMILES string of the molecule is CCC1NC(=O)n2ccc(Cl)c2C1=O. The molecule has 1 unspecified atom stereocenters. The van der Waals surface area contributed by atoms with Gasteiger partial charge in [-0.15, -0.1) is 0 Å². The Morgan fingerprint density at radius 3 is 2.93 bits per heavy atom. The zero-order chi connectivity index (χ0) is 10.3. The highest BCUT2D eigenvalue weighted by atomic mass is 35.5. The zero-order valence-corrected chi connectivity index (χ0v) is 8.34. The molecule has 2 heterocycles. The van der Waals surface area contributed by atoms with E-state index in [1.807, 2.05) is 6.92 Å². The first kappa shape index (κ1) is 9.27. The topological polar surface area (TPSA) is 51.1 Å². The van der Waals surface area contributed by atoms with Gasteiger partial charge in [-0.1, -0.05) is 18.5 Å². The van der Waals surface area contributed by atoms with Crippen molar-refractivity contribution >= 4 is 23.4 Å². The average molecular weight is 213 g/mol. The lowest BCUT2D eigenvalue weighted by molar-refractivity contribution is 0.0922. The first-order valence-corrected chi connectivity index (χ1v) is 4.75. The van der Waals surface area contributed by atoms with E-state index >= 15 is 0 Å². The van der Waals surface area contributed by atoms with Crippen LogP contribution in [0.3, 0.4) is 0 Å². The minimum atomic E-state index is -0.442. The largest absolute Gasteiger partial charge is 0.327 e. The Morgan fingerprint density at radius 2 is 2.29 bits per heavy atom. The number of fused-ring (bicyclic) bond motifs is 1. The number of hydrogen-bond acceptors (Lipinski definition) is 2. The van der Waals surface area contributed by atoms with Gasteiger partial charge in [0.15, 0.2) is 0 Å². The molecule has 5 heteroatoms. The average Bonchev–Trinajstić information content (AvgIpc) is 2.54. The zero-order valence-electron chi connectivity index (χ0n) is 7.58. The first-order valence-electron chi connectivity index (χ1n) is 4.37. The number of nitrogens with zero attached hydrogens (tertiary/aromatic N) is 1. The highest BCUT2D eigenvalue weighted by Crippen LogP contribution is 2.22. The van der Waals surface area contributed by atoms with Crippen molar-refractivity contribution in [3.05, 3.63) is 23.0 Å². The lowest BCUT2D eigenvalue weighted by atomic mass is 10.1. The molecule has 14 heavy (non-hydrogen) atoms. The van der Waals surface area contributed by atoms with E-state index < -0.39 is 6.04 Å². The Morgan fingerprint density at radius 1 is 1.57 bits per heavy atom. The van der Waals surface area contributed by atoms with E-state index in [1.54, 1.807) is 6.07 Å². The van der Waals surface area contributed by atoms with E-state index in [-0.39, 0.29) is 11.8 Å². The molecule has 2 rings (SSSR count). The summed E-state index contributed by atoms with van der Waals surface area (Å²) >= 11 is 5.82. The summed E-state index contributed by atoms with van der Waals surface area (Å²) in [6.07, 6.45) is 2.07. The monoisotopic (exact) mass is 212 g/mol. The molecule has 1 aromatic rings. The second-order valence-electron chi connectivity index (χ2n) is 3.16. The summed E-state index contributed by atoms with van der Waals surface area (Å²) in [7, 11) is 0. The predicted molar refractivity (Wildman–Crippen MR) is 51.8 cm³/mol. The summed E-state index contributed by atoms with van der Waals surface area (Å²) in [6.45, 7) is 1.84. The number of carbonyl (C=O) groups is 2. The molecule has 0 aromatic carbocycles. The van der Waals surface area contributed by atoms with Gasteiger partial charge in [0.2, 0.25) is 5.78 Å².